The molecule has 2 rings (SSSR count). The molecule has 1 nitrogen and oxygen atoms in total. The van der Waals surface area contributed by atoms with Crippen LogP contribution >= 0.6 is 21.6 Å². The van der Waals surface area contributed by atoms with Gasteiger partial charge in [-0.1, -0.05) is 28.0 Å². The molecule has 0 bridgehead atoms. The summed E-state index contributed by atoms with van der Waals surface area (Å²) in [6.45, 7) is 0. The molecule has 1 saturated carbocycles. The Morgan fingerprint density at radius 2 is 2.00 bits per heavy atom. The Bertz CT molecular complexity index is 227. The quantitative estimate of drug-likeness (QED) is 0.655. The van der Waals surface area contributed by atoms with E-state index in [1.165, 1.54) is 17.9 Å². The number of methoxy groups -OCH3 is 1. The van der Waals surface area contributed by atoms with Crippen molar-refractivity contribution in [3.05, 3.63) is 0 Å². The Hall–Kier alpha value is 0.450. The summed E-state index contributed by atoms with van der Waals surface area (Å²) in [5.41, 5.74) is 0. The molecular formula is C8H11F3OS2. The third kappa shape index (κ3) is 1.55. The number of hydrogen-bond donors (Lipinski definition) is 0. The van der Waals surface area contributed by atoms with Crippen LogP contribution in [0.1, 0.15) is 19.3 Å². The maximum absolute atomic E-state index is 12.6. The van der Waals surface area contributed by atoms with Gasteiger partial charge in [-0.15, -0.1) is 0 Å². The lowest BCUT2D eigenvalue weighted by atomic mass is 9.78. The summed E-state index contributed by atoms with van der Waals surface area (Å²) in [7, 11) is 3.69. The van der Waals surface area contributed by atoms with E-state index >= 15 is 0 Å². The van der Waals surface area contributed by atoms with Gasteiger partial charge in [0.05, 0.1) is 10.9 Å². The predicted molar refractivity (Wildman–Crippen MR) is 52.4 cm³/mol. The van der Waals surface area contributed by atoms with Crippen LogP contribution in [-0.2, 0) is 4.74 Å². The van der Waals surface area contributed by atoms with Gasteiger partial charge in [-0.3, -0.25) is 0 Å². The lowest BCUT2D eigenvalue weighted by Crippen LogP contribution is -2.50. The van der Waals surface area contributed by atoms with Crippen LogP contribution in [0.5, 0.6) is 0 Å². The fourth-order valence-electron chi connectivity index (χ4n) is 1.98. The highest BCUT2D eigenvalue weighted by Crippen LogP contribution is 2.63. The first-order chi connectivity index (χ1) is 6.49. The van der Waals surface area contributed by atoms with Crippen molar-refractivity contribution in [2.45, 2.75) is 41.5 Å². The van der Waals surface area contributed by atoms with Crippen molar-refractivity contribution in [3.8, 4) is 0 Å². The van der Waals surface area contributed by atoms with E-state index in [2.05, 4.69) is 0 Å². The highest BCUT2D eigenvalue weighted by molar-refractivity contribution is 8.78. The molecule has 1 aliphatic heterocycles. The summed E-state index contributed by atoms with van der Waals surface area (Å²) >= 11 is 0. The van der Waals surface area contributed by atoms with Crippen LogP contribution in [0, 0.1) is 0 Å². The zero-order chi connectivity index (χ0) is 10.4. The molecule has 2 unspecified atom stereocenters. The Morgan fingerprint density at radius 1 is 1.36 bits per heavy atom. The minimum Gasteiger partial charge on any atom is -0.378 e. The third-order valence-electron chi connectivity index (χ3n) is 2.89. The largest absolute Gasteiger partial charge is 0.403 e. The van der Waals surface area contributed by atoms with Crippen molar-refractivity contribution in [1.29, 1.82) is 0 Å². The molecule has 1 saturated heterocycles. The Balaban J connectivity index is 2.15. The molecule has 0 aromatic carbocycles. The maximum Gasteiger partial charge on any atom is 0.403 e. The highest BCUT2D eigenvalue weighted by atomic mass is 33.1. The first-order valence-corrected chi connectivity index (χ1v) is 6.65. The molecule has 14 heavy (non-hydrogen) atoms. The first kappa shape index (κ1) is 11.0. The van der Waals surface area contributed by atoms with Gasteiger partial charge in [0.15, 0.2) is 0 Å². The van der Waals surface area contributed by atoms with Gasteiger partial charge in [-0.05, 0) is 12.8 Å². The van der Waals surface area contributed by atoms with E-state index in [4.69, 9.17) is 4.74 Å². The van der Waals surface area contributed by atoms with Gasteiger partial charge in [-0.2, -0.15) is 13.2 Å². The Morgan fingerprint density at radius 3 is 2.36 bits per heavy atom. The molecule has 1 spiro atoms. The number of alkyl halides is 3. The van der Waals surface area contributed by atoms with Gasteiger partial charge in [-0.25, -0.2) is 0 Å². The monoisotopic (exact) mass is 244 g/mol. The average molecular weight is 244 g/mol. The van der Waals surface area contributed by atoms with Crippen LogP contribution in [0.2, 0.25) is 0 Å². The summed E-state index contributed by atoms with van der Waals surface area (Å²) in [5.74, 6) is 0. The lowest BCUT2D eigenvalue weighted by molar-refractivity contribution is -0.155. The molecule has 0 N–H and O–H groups in total. The molecule has 0 amide bonds. The van der Waals surface area contributed by atoms with Crippen molar-refractivity contribution >= 4 is 21.6 Å². The van der Waals surface area contributed by atoms with Crippen LogP contribution in [0.4, 0.5) is 13.2 Å². The first-order valence-electron chi connectivity index (χ1n) is 4.44. The van der Waals surface area contributed by atoms with Crippen LogP contribution < -0.4 is 0 Å². The number of rotatable bonds is 1. The second-order valence-corrected chi connectivity index (χ2v) is 6.47. The highest BCUT2D eigenvalue weighted by Gasteiger charge is 2.61. The van der Waals surface area contributed by atoms with Crippen molar-refractivity contribution in [2.75, 3.05) is 7.11 Å². The van der Waals surface area contributed by atoms with E-state index in [0.717, 1.165) is 30.1 Å². The molecule has 2 fully saturated rings. The molecule has 1 heterocycles. The molecule has 0 aromatic heterocycles. The molecule has 2 atom stereocenters. The summed E-state index contributed by atoms with van der Waals surface area (Å²) in [6, 6.07) is 0. The minimum atomic E-state index is -4.14. The zero-order valence-corrected chi connectivity index (χ0v) is 9.27. The molecule has 1 aliphatic carbocycles. The second kappa shape index (κ2) is 3.49. The van der Waals surface area contributed by atoms with E-state index in [-0.39, 0.29) is 4.75 Å². The van der Waals surface area contributed by atoms with Crippen molar-refractivity contribution in [1.82, 2.24) is 0 Å². The Kier molecular flexibility index (Phi) is 2.73. The minimum absolute atomic E-state index is 0.250. The lowest BCUT2D eigenvalue weighted by Gasteiger charge is -2.41. The number of halogens is 3. The van der Waals surface area contributed by atoms with Gasteiger partial charge >= 0.3 is 6.18 Å². The summed E-state index contributed by atoms with van der Waals surface area (Å²) in [6.07, 6.45) is -2.06. The van der Waals surface area contributed by atoms with Crippen LogP contribution in [0.3, 0.4) is 0 Å². The fourth-order valence-corrected chi connectivity index (χ4v) is 6.03. The van der Waals surface area contributed by atoms with Crippen LogP contribution in [-0.4, -0.2) is 29.4 Å². The summed E-state index contributed by atoms with van der Waals surface area (Å²) in [4.78, 5) is 0. The number of hydrogen-bond acceptors (Lipinski definition) is 3. The third-order valence-corrected chi connectivity index (χ3v) is 6.58. The zero-order valence-electron chi connectivity index (χ0n) is 7.63. The SMILES string of the molecule is COC1C(C(F)(F)F)SSC12CCC2. The van der Waals surface area contributed by atoms with Gasteiger partial charge in [0.25, 0.3) is 0 Å². The molecular weight excluding hydrogens is 233 g/mol. The fraction of sp³-hybridized carbons (Fsp3) is 1.00. The molecule has 6 heteroatoms. The Labute approximate surface area is 88.5 Å². The predicted octanol–water partition coefficient (Wildman–Crippen LogP) is 3.25. The maximum atomic E-state index is 12.6. The molecule has 2 aliphatic rings. The van der Waals surface area contributed by atoms with E-state index in [0.29, 0.717) is 0 Å². The topological polar surface area (TPSA) is 9.23 Å². The van der Waals surface area contributed by atoms with E-state index in [1.54, 1.807) is 0 Å². The molecule has 82 valence electrons. The average Bonchev–Trinajstić information content (AvgIpc) is 2.40. The van der Waals surface area contributed by atoms with Crippen molar-refractivity contribution in [3.63, 3.8) is 0 Å². The molecule has 0 aromatic rings. The molecule has 0 radical (unpaired) electrons. The standard InChI is InChI=1S/C8H11F3OS2/c1-12-5-6(8(9,10)11)13-14-7(5)3-2-4-7/h5-6H,2-4H2,1H3. The van der Waals surface area contributed by atoms with Gasteiger partial charge < -0.3 is 4.74 Å². The van der Waals surface area contributed by atoms with Crippen LogP contribution in [0.15, 0.2) is 0 Å². The van der Waals surface area contributed by atoms with E-state index in [1.807, 2.05) is 0 Å². The van der Waals surface area contributed by atoms with Crippen molar-refractivity contribution in [2.24, 2.45) is 0 Å². The number of ether oxygens (including phenoxy) is 1. The van der Waals surface area contributed by atoms with Crippen molar-refractivity contribution < 1.29 is 17.9 Å². The van der Waals surface area contributed by atoms with Crippen LogP contribution in [0.25, 0.3) is 0 Å². The summed E-state index contributed by atoms with van der Waals surface area (Å²) in [5, 5.41) is -1.35. The summed E-state index contributed by atoms with van der Waals surface area (Å²) < 4.78 is 42.6. The van der Waals surface area contributed by atoms with E-state index in [9.17, 15) is 13.2 Å². The van der Waals surface area contributed by atoms with Gasteiger partial charge in [0, 0.05) is 7.11 Å². The van der Waals surface area contributed by atoms with Gasteiger partial charge in [0.1, 0.15) is 5.25 Å². The normalized spacial score (nSPS) is 36.0. The second-order valence-electron chi connectivity index (χ2n) is 3.72. The van der Waals surface area contributed by atoms with E-state index < -0.39 is 17.5 Å². The van der Waals surface area contributed by atoms with Gasteiger partial charge in [0.2, 0.25) is 0 Å². The smallest absolute Gasteiger partial charge is 0.378 e.